The van der Waals surface area contributed by atoms with Gasteiger partial charge in [0.15, 0.2) is 0 Å². The van der Waals surface area contributed by atoms with E-state index in [1.165, 1.54) is 34.1 Å². The molecule has 1 aromatic rings. The molecule has 0 unspecified atom stereocenters. The average molecular weight is 464 g/mol. The smallest absolute Gasteiger partial charge is 0.377 e. The molecule has 0 radical (unpaired) electrons. The number of carbonyl (C=O) groups is 2. The summed E-state index contributed by atoms with van der Waals surface area (Å²) in [5, 5.41) is 0. The summed E-state index contributed by atoms with van der Waals surface area (Å²) in [4.78, 5) is 26.3. The summed E-state index contributed by atoms with van der Waals surface area (Å²) in [6.45, 7) is 5.68. The molecule has 32 heavy (non-hydrogen) atoms. The summed E-state index contributed by atoms with van der Waals surface area (Å²) < 4.78 is 76.9. The summed E-state index contributed by atoms with van der Waals surface area (Å²) in [7, 11) is 0. The van der Waals surface area contributed by atoms with E-state index in [9.17, 15) is 35.9 Å². The zero-order valence-electron chi connectivity index (χ0n) is 18.1. The summed E-state index contributed by atoms with van der Waals surface area (Å²) in [5.41, 5.74) is -0.805. The van der Waals surface area contributed by atoms with Crippen LogP contribution < -0.4 is 0 Å². The van der Waals surface area contributed by atoms with Crippen molar-refractivity contribution in [2.45, 2.75) is 39.5 Å². The first kappa shape index (κ1) is 27.3. The molecule has 0 aliphatic carbocycles. The first-order valence-electron chi connectivity index (χ1n) is 9.98. The lowest BCUT2D eigenvalue weighted by Gasteiger charge is -2.24. The van der Waals surface area contributed by atoms with Gasteiger partial charge in [-0.25, -0.2) is 0 Å². The van der Waals surface area contributed by atoms with Gasteiger partial charge in [-0.05, 0) is 32.8 Å². The quantitative estimate of drug-likeness (QED) is 0.332. The number of alkyl halides is 6. The lowest BCUT2D eigenvalue weighted by Crippen LogP contribution is -2.29. The molecule has 0 aromatic heterocycles. The van der Waals surface area contributed by atoms with Gasteiger partial charge < -0.3 is 9.80 Å². The van der Waals surface area contributed by atoms with Crippen LogP contribution >= 0.6 is 0 Å². The van der Waals surface area contributed by atoms with E-state index in [0.29, 0.717) is 19.5 Å². The van der Waals surface area contributed by atoms with Crippen LogP contribution in [0, 0.1) is 0 Å². The Bertz CT molecular complexity index is 829. The van der Waals surface area contributed by atoms with Crippen LogP contribution in [0.25, 0.3) is 5.57 Å². The van der Waals surface area contributed by atoms with Gasteiger partial charge in [0, 0.05) is 44.2 Å². The van der Waals surface area contributed by atoms with Gasteiger partial charge in [0.2, 0.25) is 0 Å². The summed E-state index contributed by atoms with van der Waals surface area (Å²) in [5.74, 6) is -3.88. The topological polar surface area (TPSA) is 40.6 Å². The number of hydrogen-bond donors (Lipinski definition) is 0. The zero-order valence-corrected chi connectivity index (χ0v) is 18.1. The number of halogens is 6. The van der Waals surface area contributed by atoms with Crippen molar-refractivity contribution in [3.8, 4) is 0 Å². The monoisotopic (exact) mass is 464 g/mol. The minimum Gasteiger partial charge on any atom is -0.377 e. The third kappa shape index (κ3) is 8.39. The second-order valence-corrected chi connectivity index (χ2v) is 6.99. The third-order valence-electron chi connectivity index (χ3n) is 4.59. The molecule has 0 aliphatic rings. The molecule has 0 aliphatic heterocycles. The van der Waals surface area contributed by atoms with Crippen LogP contribution in [0.15, 0.2) is 48.3 Å². The van der Waals surface area contributed by atoms with Gasteiger partial charge in [-0.3, -0.25) is 9.59 Å². The van der Waals surface area contributed by atoms with Crippen LogP contribution in [0.5, 0.6) is 0 Å². The van der Waals surface area contributed by atoms with E-state index in [-0.39, 0.29) is 18.7 Å². The van der Waals surface area contributed by atoms with Crippen LogP contribution in [-0.2, 0) is 9.59 Å². The lowest BCUT2D eigenvalue weighted by atomic mass is 10.0. The number of hydrogen-bond acceptors (Lipinski definition) is 4. The summed E-state index contributed by atoms with van der Waals surface area (Å²) >= 11 is 0. The molecule has 0 saturated heterocycles. The molecule has 0 amide bonds. The molecule has 0 saturated carbocycles. The van der Waals surface area contributed by atoms with Crippen molar-refractivity contribution in [3.63, 3.8) is 0 Å². The molecule has 0 heterocycles. The van der Waals surface area contributed by atoms with Crippen molar-refractivity contribution in [2.75, 3.05) is 26.2 Å². The zero-order chi connectivity index (χ0) is 24.5. The minimum absolute atomic E-state index is 0.132. The van der Waals surface area contributed by atoms with Crippen molar-refractivity contribution in [1.29, 1.82) is 0 Å². The number of Topliss-reactive ketones (excluding diaryl/α,β-unsaturated/α-hetero) is 2. The number of ketones is 2. The Morgan fingerprint density at radius 2 is 1.28 bits per heavy atom. The van der Waals surface area contributed by atoms with Gasteiger partial charge in [-0.2, -0.15) is 26.3 Å². The lowest BCUT2D eigenvalue weighted by molar-refractivity contribution is -0.166. The van der Waals surface area contributed by atoms with E-state index in [0.717, 1.165) is 19.3 Å². The van der Waals surface area contributed by atoms with Crippen LogP contribution in [0.2, 0.25) is 0 Å². The van der Waals surface area contributed by atoms with Crippen molar-refractivity contribution >= 4 is 17.1 Å². The van der Waals surface area contributed by atoms with Gasteiger partial charge in [0.25, 0.3) is 11.6 Å². The predicted molar refractivity (Wildman–Crippen MR) is 109 cm³/mol. The number of benzene rings is 1. The van der Waals surface area contributed by atoms with E-state index in [1.54, 1.807) is 19.9 Å². The maximum absolute atomic E-state index is 13.1. The molecule has 0 spiro atoms. The molecule has 0 bridgehead atoms. The highest BCUT2D eigenvalue weighted by atomic mass is 19.4. The van der Waals surface area contributed by atoms with Crippen LogP contribution in [0.4, 0.5) is 26.3 Å². The Hall–Kier alpha value is -2.78. The molecule has 0 fully saturated rings. The highest BCUT2D eigenvalue weighted by Crippen LogP contribution is 2.27. The fourth-order valence-corrected chi connectivity index (χ4v) is 2.88. The maximum atomic E-state index is 13.1. The van der Waals surface area contributed by atoms with E-state index in [1.807, 2.05) is 0 Å². The molecule has 178 valence electrons. The molecule has 0 atom stereocenters. The van der Waals surface area contributed by atoms with Crippen molar-refractivity contribution < 1.29 is 35.9 Å². The van der Waals surface area contributed by atoms with Gasteiger partial charge in [-0.1, -0.05) is 30.3 Å². The minimum atomic E-state index is -5.03. The Kier molecular flexibility index (Phi) is 9.99. The fourth-order valence-electron chi connectivity index (χ4n) is 2.88. The highest BCUT2D eigenvalue weighted by Gasteiger charge is 2.41. The number of nitrogens with zero attached hydrogens (tertiary/aromatic N) is 2. The highest BCUT2D eigenvalue weighted by molar-refractivity contribution is 6.23. The van der Waals surface area contributed by atoms with Gasteiger partial charge >= 0.3 is 12.4 Å². The number of allylic oxidation sites excluding steroid dienone is 2. The Balaban J connectivity index is 2.95. The second kappa shape index (κ2) is 11.7. The standard InChI is InChI=1S/C22H26F6N2O2/c1-4-29(14-16(3)19(31)21(23,24)25)12-9-13-30(5-2)15-18(20(32)22(26,27)28)17-10-7-6-8-11-17/h6-8,10-11,14-15H,4-5,9,12-13H2,1-3H3/b16-14+,18-15+. The molecule has 1 aromatic carbocycles. The van der Waals surface area contributed by atoms with E-state index in [4.69, 9.17) is 0 Å². The van der Waals surface area contributed by atoms with Gasteiger partial charge in [0.1, 0.15) is 0 Å². The van der Waals surface area contributed by atoms with Crippen molar-refractivity contribution in [3.05, 3.63) is 53.9 Å². The first-order chi connectivity index (χ1) is 14.8. The van der Waals surface area contributed by atoms with Crippen molar-refractivity contribution in [2.24, 2.45) is 0 Å². The Morgan fingerprint density at radius 1 is 0.812 bits per heavy atom. The molecule has 10 heteroatoms. The van der Waals surface area contributed by atoms with E-state index >= 15 is 0 Å². The van der Waals surface area contributed by atoms with E-state index in [2.05, 4.69) is 0 Å². The normalized spacial score (nSPS) is 13.2. The summed E-state index contributed by atoms with van der Waals surface area (Å²) in [6.07, 6.45) is -7.32. The molecular weight excluding hydrogens is 438 g/mol. The Morgan fingerprint density at radius 3 is 1.72 bits per heavy atom. The second-order valence-electron chi connectivity index (χ2n) is 6.99. The number of rotatable bonds is 11. The Labute approximate surface area is 183 Å². The van der Waals surface area contributed by atoms with Crippen LogP contribution in [0.3, 0.4) is 0 Å². The molecule has 1 rings (SSSR count). The average Bonchev–Trinajstić information content (AvgIpc) is 2.73. The van der Waals surface area contributed by atoms with Crippen LogP contribution in [-0.4, -0.2) is 59.9 Å². The molecule has 4 nitrogen and oxygen atoms in total. The fraction of sp³-hybridized carbons (Fsp3) is 0.455. The first-order valence-corrected chi connectivity index (χ1v) is 9.98. The SMILES string of the molecule is CCN(/C=C(\C)C(=O)C(F)(F)F)CCCN(/C=C(/C(=O)C(F)(F)F)c1ccccc1)CC. The maximum Gasteiger partial charge on any atom is 0.454 e. The number of carbonyl (C=O) groups excluding carboxylic acids is 2. The molecular formula is C22H26F6N2O2. The molecule has 0 N–H and O–H groups in total. The van der Waals surface area contributed by atoms with Crippen LogP contribution in [0.1, 0.15) is 32.8 Å². The van der Waals surface area contributed by atoms with Gasteiger partial charge in [-0.15, -0.1) is 0 Å². The van der Waals surface area contributed by atoms with E-state index < -0.39 is 35.1 Å². The largest absolute Gasteiger partial charge is 0.454 e. The predicted octanol–water partition coefficient (Wildman–Crippen LogP) is 5.23. The third-order valence-corrected chi connectivity index (χ3v) is 4.59. The summed E-state index contributed by atoms with van der Waals surface area (Å²) in [6, 6.07) is 7.49. The van der Waals surface area contributed by atoms with Crippen molar-refractivity contribution in [1.82, 2.24) is 9.80 Å². The van der Waals surface area contributed by atoms with Gasteiger partial charge in [0.05, 0.1) is 5.57 Å².